The van der Waals surface area contributed by atoms with E-state index in [1.54, 1.807) is 18.2 Å². The molecule has 1 aliphatic heterocycles. The number of aryl methyl sites for hydroxylation is 2. The number of carbonyl (C=O) groups excluding carboxylic acids is 2. The van der Waals surface area contributed by atoms with Crippen LogP contribution in [0.3, 0.4) is 0 Å². The number of halogens is 1. The largest absolute Gasteiger partial charge is 0.507 e. The van der Waals surface area contributed by atoms with Crippen LogP contribution in [0, 0.1) is 13.8 Å². The molecule has 4 aromatic carbocycles. The molecule has 2 N–H and O–H groups in total. The normalized spacial score (nSPS) is 17.3. The fourth-order valence-corrected chi connectivity index (χ4v) is 4.96. The van der Waals surface area contributed by atoms with E-state index in [1.807, 2.05) is 62.4 Å². The summed E-state index contributed by atoms with van der Waals surface area (Å²) in [5, 5.41) is 23.2. The number of carbonyl (C=O) groups is 2. The number of aliphatic hydroxyl groups excluding tert-OH is 1. The van der Waals surface area contributed by atoms with Crippen molar-refractivity contribution in [3.63, 3.8) is 0 Å². The number of amides is 1. The van der Waals surface area contributed by atoms with E-state index in [9.17, 15) is 19.8 Å². The minimum absolute atomic E-state index is 0.0349. The van der Waals surface area contributed by atoms with Gasteiger partial charge in [-0.05, 0) is 65.6 Å². The van der Waals surface area contributed by atoms with Gasteiger partial charge in [0.25, 0.3) is 11.7 Å². The minimum Gasteiger partial charge on any atom is -0.507 e. The van der Waals surface area contributed by atoms with Gasteiger partial charge in [0.15, 0.2) is 0 Å². The van der Waals surface area contributed by atoms with Gasteiger partial charge in [-0.25, -0.2) is 0 Å². The zero-order valence-corrected chi connectivity index (χ0v) is 19.9. The number of hydrogen-bond acceptors (Lipinski definition) is 4. The number of fused-ring (bicyclic) bond motifs is 1. The molecule has 0 spiro atoms. The van der Waals surface area contributed by atoms with Gasteiger partial charge in [-0.1, -0.05) is 66.2 Å². The van der Waals surface area contributed by atoms with E-state index >= 15 is 0 Å². The monoisotopic (exact) mass is 483 g/mol. The molecular weight excluding hydrogens is 462 g/mol. The van der Waals surface area contributed by atoms with Crippen LogP contribution in [0.5, 0.6) is 5.75 Å². The van der Waals surface area contributed by atoms with E-state index in [0.29, 0.717) is 16.8 Å². The lowest BCUT2D eigenvalue weighted by atomic mass is 9.93. The van der Waals surface area contributed by atoms with Gasteiger partial charge >= 0.3 is 0 Å². The van der Waals surface area contributed by atoms with Gasteiger partial charge in [-0.3, -0.25) is 14.5 Å². The number of phenols is 1. The Kier molecular flexibility index (Phi) is 5.58. The third kappa shape index (κ3) is 3.84. The first kappa shape index (κ1) is 22.7. The Hall–Kier alpha value is -4.09. The number of nitrogens with zero attached hydrogens (tertiary/aromatic N) is 1. The van der Waals surface area contributed by atoms with Crippen molar-refractivity contribution in [1.82, 2.24) is 0 Å². The minimum atomic E-state index is -0.937. The summed E-state index contributed by atoms with van der Waals surface area (Å²) in [6.07, 6.45) is 0. The molecule has 5 nitrogen and oxygen atoms in total. The van der Waals surface area contributed by atoms with E-state index in [2.05, 4.69) is 0 Å². The van der Waals surface area contributed by atoms with Crippen LogP contribution in [-0.2, 0) is 9.59 Å². The van der Waals surface area contributed by atoms with E-state index in [0.717, 1.165) is 21.9 Å². The maximum absolute atomic E-state index is 13.5. The zero-order chi connectivity index (χ0) is 24.9. The fraction of sp³-hybridized carbons (Fsp3) is 0.103. The summed E-state index contributed by atoms with van der Waals surface area (Å²) in [7, 11) is 0. The van der Waals surface area contributed by atoms with Crippen LogP contribution in [-0.4, -0.2) is 21.9 Å². The van der Waals surface area contributed by atoms with Crippen LogP contribution in [0.2, 0.25) is 5.02 Å². The number of aromatic hydroxyl groups is 1. The van der Waals surface area contributed by atoms with Crippen molar-refractivity contribution in [3.05, 3.63) is 112 Å². The van der Waals surface area contributed by atoms with Gasteiger partial charge in [0.05, 0.1) is 16.6 Å². The van der Waals surface area contributed by atoms with Crippen molar-refractivity contribution in [3.8, 4) is 5.75 Å². The zero-order valence-electron chi connectivity index (χ0n) is 19.1. The third-order valence-electron chi connectivity index (χ3n) is 6.26. The number of anilines is 1. The second-order valence-corrected chi connectivity index (χ2v) is 9.16. The van der Waals surface area contributed by atoms with Crippen LogP contribution in [0.15, 0.2) is 84.4 Å². The van der Waals surface area contributed by atoms with E-state index in [-0.39, 0.29) is 22.1 Å². The second-order valence-electron chi connectivity index (χ2n) is 8.75. The molecule has 6 heteroatoms. The Morgan fingerprint density at radius 2 is 1.57 bits per heavy atom. The van der Waals surface area contributed by atoms with Gasteiger partial charge in [0.2, 0.25) is 0 Å². The highest BCUT2D eigenvalue weighted by molar-refractivity contribution is 6.52. The molecule has 1 heterocycles. The maximum atomic E-state index is 13.5. The standard InChI is InChI=1S/C29H22ClNO4/c1-16-12-17(2)14-20(13-16)31-26(19-10-11-24(32)23(30)15-19)25(28(34)29(31)35)27(33)22-9-5-7-18-6-3-4-8-21(18)22/h3-15,26,32-33H,1-2H3/b27-25-. The van der Waals surface area contributed by atoms with Crippen molar-refractivity contribution in [1.29, 1.82) is 0 Å². The highest BCUT2D eigenvalue weighted by atomic mass is 35.5. The summed E-state index contributed by atoms with van der Waals surface area (Å²) in [4.78, 5) is 28.3. The van der Waals surface area contributed by atoms with Crippen molar-refractivity contribution < 1.29 is 19.8 Å². The summed E-state index contributed by atoms with van der Waals surface area (Å²) in [6.45, 7) is 3.82. The Balaban J connectivity index is 1.80. The first-order chi connectivity index (χ1) is 16.8. The molecule has 1 fully saturated rings. The Morgan fingerprint density at radius 3 is 2.29 bits per heavy atom. The van der Waals surface area contributed by atoms with Crippen molar-refractivity contribution in [2.24, 2.45) is 0 Å². The van der Waals surface area contributed by atoms with Gasteiger partial charge < -0.3 is 10.2 Å². The molecular formula is C29H22ClNO4. The molecule has 1 atom stereocenters. The lowest BCUT2D eigenvalue weighted by Gasteiger charge is -2.26. The van der Waals surface area contributed by atoms with Crippen LogP contribution in [0.4, 0.5) is 5.69 Å². The van der Waals surface area contributed by atoms with Crippen LogP contribution < -0.4 is 4.90 Å². The first-order valence-corrected chi connectivity index (χ1v) is 11.5. The fourth-order valence-electron chi connectivity index (χ4n) is 4.77. The topological polar surface area (TPSA) is 77.8 Å². The first-order valence-electron chi connectivity index (χ1n) is 11.1. The highest BCUT2D eigenvalue weighted by Crippen LogP contribution is 2.44. The molecule has 35 heavy (non-hydrogen) atoms. The molecule has 1 aliphatic rings. The molecule has 0 radical (unpaired) electrons. The van der Waals surface area contributed by atoms with Crippen molar-refractivity contribution in [2.75, 3.05) is 4.90 Å². The Morgan fingerprint density at radius 1 is 0.886 bits per heavy atom. The van der Waals surface area contributed by atoms with Gasteiger partial charge in [0, 0.05) is 11.3 Å². The number of rotatable bonds is 3. The van der Waals surface area contributed by atoms with E-state index < -0.39 is 17.7 Å². The summed E-state index contributed by atoms with van der Waals surface area (Å²) < 4.78 is 0. The molecule has 4 aromatic rings. The van der Waals surface area contributed by atoms with Crippen molar-refractivity contribution >= 4 is 45.5 Å². The average molecular weight is 484 g/mol. The Bertz CT molecular complexity index is 1530. The van der Waals surface area contributed by atoms with Gasteiger partial charge in [-0.15, -0.1) is 0 Å². The number of aliphatic hydroxyl groups is 1. The SMILES string of the molecule is Cc1cc(C)cc(N2C(=O)C(=O)/C(=C(\O)c3cccc4ccccc34)C2c2ccc(O)c(Cl)c2)c1. The predicted octanol–water partition coefficient (Wildman–Crippen LogP) is 6.44. The van der Waals surface area contributed by atoms with Crippen LogP contribution in [0.25, 0.3) is 16.5 Å². The molecule has 1 saturated heterocycles. The molecule has 0 aliphatic carbocycles. The highest BCUT2D eigenvalue weighted by Gasteiger charge is 2.47. The molecule has 0 aromatic heterocycles. The molecule has 174 valence electrons. The predicted molar refractivity (Wildman–Crippen MR) is 138 cm³/mol. The molecule has 0 bridgehead atoms. The quantitative estimate of drug-likeness (QED) is 0.199. The number of hydrogen-bond donors (Lipinski definition) is 2. The van der Waals surface area contributed by atoms with E-state index in [1.165, 1.54) is 17.0 Å². The molecule has 5 rings (SSSR count). The van der Waals surface area contributed by atoms with Crippen molar-refractivity contribution in [2.45, 2.75) is 19.9 Å². The summed E-state index contributed by atoms with van der Waals surface area (Å²) in [5.74, 6) is -1.91. The summed E-state index contributed by atoms with van der Waals surface area (Å²) >= 11 is 6.21. The number of phenolic OH excluding ortho intramolecular Hbond substituents is 1. The lowest BCUT2D eigenvalue weighted by molar-refractivity contribution is -0.132. The summed E-state index contributed by atoms with van der Waals surface area (Å²) in [6, 6.07) is 22.2. The number of benzene rings is 4. The van der Waals surface area contributed by atoms with Crippen LogP contribution in [0.1, 0.15) is 28.3 Å². The smallest absolute Gasteiger partial charge is 0.300 e. The van der Waals surface area contributed by atoms with Crippen LogP contribution >= 0.6 is 11.6 Å². The molecule has 0 saturated carbocycles. The molecule has 1 unspecified atom stereocenters. The van der Waals surface area contributed by atoms with Gasteiger partial charge in [0.1, 0.15) is 11.5 Å². The number of ketones is 1. The second kappa shape index (κ2) is 8.60. The maximum Gasteiger partial charge on any atom is 0.300 e. The Labute approximate surface area is 207 Å². The molecule has 1 amide bonds. The third-order valence-corrected chi connectivity index (χ3v) is 6.56. The lowest BCUT2D eigenvalue weighted by Crippen LogP contribution is -2.29. The van der Waals surface area contributed by atoms with Gasteiger partial charge in [-0.2, -0.15) is 0 Å². The van der Waals surface area contributed by atoms with E-state index in [4.69, 9.17) is 11.6 Å². The average Bonchev–Trinajstić information content (AvgIpc) is 3.10. The number of Topliss-reactive ketones (excluding diaryl/α,β-unsaturated/α-hetero) is 1. The summed E-state index contributed by atoms with van der Waals surface area (Å²) in [5.41, 5.74) is 3.31.